The van der Waals surface area contributed by atoms with Crippen LogP contribution in [0.2, 0.25) is 0 Å². The molecule has 0 unspecified atom stereocenters. The lowest BCUT2D eigenvalue weighted by Gasteiger charge is -2.30. The van der Waals surface area contributed by atoms with Crippen LogP contribution in [0.3, 0.4) is 0 Å². The Labute approximate surface area is 114 Å². The first kappa shape index (κ1) is 14.9. The van der Waals surface area contributed by atoms with Gasteiger partial charge in [0, 0.05) is 25.2 Å². The molecule has 1 aromatic heterocycles. The largest absolute Gasteiger partial charge is 0.373 e. The molecular weight excluding hydrogens is 244 g/mol. The molecule has 4 nitrogen and oxygen atoms in total. The molecule has 100 valence electrons. The first-order valence-electron chi connectivity index (χ1n) is 6.33. The van der Waals surface area contributed by atoms with Crippen molar-refractivity contribution in [2.24, 2.45) is 0 Å². The first-order valence-corrected chi connectivity index (χ1v) is 7.10. The summed E-state index contributed by atoms with van der Waals surface area (Å²) in [6.45, 7) is 12.5. The van der Waals surface area contributed by atoms with Crippen LogP contribution in [-0.2, 0) is 0 Å². The molecule has 0 saturated carbocycles. The lowest BCUT2D eigenvalue weighted by atomic mass is 10.2. The standard InChI is InChI=1S/C13H22N4S/c1-9(2)17(10(3)4)7-6-15-13-12(8-14)11(5)16-18-13/h9-10,15H,6-7H2,1-5H3. The first-order chi connectivity index (χ1) is 8.47. The van der Waals surface area contributed by atoms with Gasteiger partial charge in [0.05, 0.1) is 5.69 Å². The van der Waals surface area contributed by atoms with E-state index < -0.39 is 0 Å². The van der Waals surface area contributed by atoms with Gasteiger partial charge in [-0.25, -0.2) is 0 Å². The minimum absolute atomic E-state index is 0.533. The monoisotopic (exact) mass is 266 g/mol. The van der Waals surface area contributed by atoms with Gasteiger partial charge in [0.1, 0.15) is 16.6 Å². The van der Waals surface area contributed by atoms with Crippen LogP contribution in [0.15, 0.2) is 0 Å². The summed E-state index contributed by atoms with van der Waals surface area (Å²) in [6.07, 6.45) is 0. The molecule has 0 spiro atoms. The fourth-order valence-corrected chi connectivity index (χ4v) is 2.80. The van der Waals surface area contributed by atoms with Crippen molar-refractivity contribution >= 4 is 16.5 Å². The number of nitriles is 1. The molecule has 1 rings (SSSR count). The molecule has 5 heteroatoms. The van der Waals surface area contributed by atoms with Crippen molar-refractivity contribution < 1.29 is 0 Å². The van der Waals surface area contributed by atoms with E-state index in [4.69, 9.17) is 5.26 Å². The summed E-state index contributed by atoms with van der Waals surface area (Å²) >= 11 is 1.37. The summed E-state index contributed by atoms with van der Waals surface area (Å²) in [6, 6.07) is 3.26. The average molecular weight is 266 g/mol. The van der Waals surface area contributed by atoms with E-state index in [1.54, 1.807) is 0 Å². The van der Waals surface area contributed by atoms with Crippen LogP contribution in [0.25, 0.3) is 0 Å². The van der Waals surface area contributed by atoms with Crippen LogP contribution in [0, 0.1) is 18.3 Å². The van der Waals surface area contributed by atoms with Crippen LogP contribution in [0.4, 0.5) is 5.00 Å². The summed E-state index contributed by atoms with van der Waals surface area (Å²) in [4.78, 5) is 2.42. The van der Waals surface area contributed by atoms with Gasteiger partial charge < -0.3 is 5.32 Å². The zero-order chi connectivity index (χ0) is 13.7. The second-order valence-electron chi connectivity index (χ2n) is 4.94. The van der Waals surface area contributed by atoms with Crippen molar-refractivity contribution in [2.45, 2.75) is 46.7 Å². The summed E-state index contributed by atoms with van der Waals surface area (Å²) in [5, 5.41) is 13.2. The zero-order valence-electron chi connectivity index (χ0n) is 11.8. The van der Waals surface area contributed by atoms with E-state index in [-0.39, 0.29) is 0 Å². The number of nitrogens with zero attached hydrogens (tertiary/aromatic N) is 3. The van der Waals surface area contributed by atoms with Gasteiger partial charge in [-0.15, -0.1) is 0 Å². The molecular formula is C13H22N4S. The van der Waals surface area contributed by atoms with Gasteiger partial charge in [-0.05, 0) is 46.2 Å². The third kappa shape index (κ3) is 3.69. The Morgan fingerprint density at radius 1 is 1.33 bits per heavy atom. The minimum atomic E-state index is 0.533. The zero-order valence-corrected chi connectivity index (χ0v) is 12.6. The van der Waals surface area contributed by atoms with Crippen molar-refractivity contribution in [3.63, 3.8) is 0 Å². The highest BCUT2D eigenvalue weighted by Crippen LogP contribution is 2.22. The van der Waals surface area contributed by atoms with E-state index in [0.717, 1.165) is 23.8 Å². The highest BCUT2D eigenvalue weighted by atomic mass is 32.1. The summed E-state index contributed by atoms with van der Waals surface area (Å²) in [7, 11) is 0. The SMILES string of the molecule is Cc1nsc(NCCN(C(C)C)C(C)C)c1C#N. The van der Waals surface area contributed by atoms with E-state index in [1.807, 2.05) is 6.92 Å². The van der Waals surface area contributed by atoms with Crippen molar-refractivity contribution in [2.75, 3.05) is 18.4 Å². The van der Waals surface area contributed by atoms with E-state index in [2.05, 4.69) is 48.4 Å². The molecule has 0 fully saturated rings. The Morgan fingerprint density at radius 2 is 1.94 bits per heavy atom. The minimum Gasteiger partial charge on any atom is -0.373 e. The second-order valence-corrected chi connectivity index (χ2v) is 5.71. The third-order valence-electron chi connectivity index (χ3n) is 2.96. The summed E-state index contributed by atoms with van der Waals surface area (Å²) in [5.41, 5.74) is 1.50. The Morgan fingerprint density at radius 3 is 2.44 bits per heavy atom. The molecule has 1 N–H and O–H groups in total. The van der Waals surface area contributed by atoms with Gasteiger partial charge in [-0.1, -0.05) is 0 Å². The van der Waals surface area contributed by atoms with Crippen LogP contribution in [0.5, 0.6) is 0 Å². The quantitative estimate of drug-likeness (QED) is 0.860. The van der Waals surface area contributed by atoms with Gasteiger partial charge in [0.2, 0.25) is 0 Å². The van der Waals surface area contributed by atoms with E-state index in [9.17, 15) is 0 Å². The lowest BCUT2D eigenvalue weighted by Crippen LogP contribution is -2.40. The van der Waals surface area contributed by atoms with Gasteiger partial charge >= 0.3 is 0 Å². The van der Waals surface area contributed by atoms with Crippen molar-refractivity contribution in [3.05, 3.63) is 11.3 Å². The maximum atomic E-state index is 9.04. The number of nitrogens with one attached hydrogen (secondary N) is 1. The Kier molecular flexibility index (Phi) is 5.57. The highest BCUT2D eigenvalue weighted by molar-refractivity contribution is 7.10. The number of aryl methyl sites for hydroxylation is 1. The number of hydrogen-bond donors (Lipinski definition) is 1. The Hall–Kier alpha value is -1.12. The summed E-state index contributed by atoms with van der Waals surface area (Å²) < 4.78 is 4.20. The number of aromatic nitrogens is 1. The molecule has 1 heterocycles. The number of anilines is 1. The predicted octanol–water partition coefficient (Wildman–Crippen LogP) is 2.85. The molecule has 1 aromatic rings. The molecule has 0 aliphatic rings. The van der Waals surface area contributed by atoms with Crippen LogP contribution in [0.1, 0.15) is 39.0 Å². The van der Waals surface area contributed by atoms with Crippen molar-refractivity contribution in [1.82, 2.24) is 9.27 Å². The van der Waals surface area contributed by atoms with E-state index in [0.29, 0.717) is 17.6 Å². The van der Waals surface area contributed by atoms with Gasteiger partial charge in [0.25, 0.3) is 0 Å². The molecule has 0 aliphatic heterocycles. The molecule has 0 saturated heterocycles. The predicted molar refractivity (Wildman–Crippen MR) is 77.0 cm³/mol. The maximum Gasteiger partial charge on any atom is 0.127 e. The van der Waals surface area contributed by atoms with E-state index in [1.165, 1.54) is 11.5 Å². The Balaban J connectivity index is 2.53. The molecule has 0 radical (unpaired) electrons. The number of rotatable bonds is 6. The number of hydrogen-bond acceptors (Lipinski definition) is 5. The lowest BCUT2D eigenvalue weighted by molar-refractivity contribution is 0.182. The van der Waals surface area contributed by atoms with Crippen LogP contribution < -0.4 is 5.32 Å². The third-order valence-corrected chi connectivity index (χ3v) is 3.85. The van der Waals surface area contributed by atoms with Gasteiger partial charge in [-0.3, -0.25) is 4.90 Å². The van der Waals surface area contributed by atoms with Crippen LogP contribution >= 0.6 is 11.5 Å². The smallest absolute Gasteiger partial charge is 0.127 e. The van der Waals surface area contributed by atoms with Crippen molar-refractivity contribution in [3.8, 4) is 6.07 Å². The molecule has 0 aliphatic carbocycles. The topological polar surface area (TPSA) is 52.0 Å². The molecule has 0 atom stereocenters. The molecule has 0 aromatic carbocycles. The van der Waals surface area contributed by atoms with Crippen molar-refractivity contribution in [1.29, 1.82) is 5.26 Å². The van der Waals surface area contributed by atoms with E-state index >= 15 is 0 Å². The normalized spacial score (nSPS) is 11.3. The molecule has 0 amide bonds. The van der Waals surface area contributed by atoms with Crippen LogP contribution in [-0.4, -0.2) is 34.4 Å². The fraction of sp³-hybridized carbons (Fsp3) is 0.692. The van der Waals surface area contributed by atoms with Gasteiger partial charge in [0.15, 0.2) is 0 Å². The highest BCUT2D eigenvalue weighted by Gasteiger charge is 2.14. The molecule has 0 bridgehead atoms. The Bertz CT molecular complexity index is 409. The summed E-state index contributed by atoms with van der Waals surface area (Å²) in [5.74, 6) is 0. The molecule has 18 heavy (non-hydrogen) atoms. The van der Waals surface area contributed by atoms with Gasteiger partial charge in [-0.2, -0.15) is 9.64 Å². The average Bonchev–Trinajstić information content (AvgIpc) is 2.64. The fourth-order valence-electron chi connectivity index (χ4n) is 2.03. The maximum absolute atomic E-state index is 9.04. The second kappa shape index (κ2) is 6.72.